The minimum atomic E-state index is -0.478. The molecule has 146 valence electrons. The van der Waals surface area contributed by atoms with E-state index in [0.717, 1.165) is 0 Å². The summed E-state index contributed by atoms with van der Waals surface area (Å²) in [4.78, 5) is 24.1. The molecule has 0 radical (unpaired) electrons. The zero-order chi connectivity index (χ0) is 20.1. The largest absolute Gasteiger partial charge is 0.462 e. The lowest BCUT2D eigenvalue weighted by molar-refractivity contribution is -0.113. The number of carbonyl (C=O) groups excluding carboxylic acids is 2. The lowest BCUT2D eigenvalue weighted by Gasteiger charge is -2.09. The Morgan fingerprint density at radius 2 is 2.14 bits per heavy atom. The molecule has 2 aromatic heterocycles. The van der Waals surface area contributed by atoms with Crippen molar-refractivity contribution in [3.63, 3.8) is 0 Å². The van der Waals surface area contributed by atoms with Crippen LogP contribution in [0.25, 0.3) is 11.6 Å². The van der Waals surface area contributed by atoms with Crippen molar-refractivity contribution in [2.75, 3.05) is 17.7 Å². The number of hydrogen-bond acceptors (Lipinski definition) is 7. The maximum absolute atomic E-state index is 12.3. The number of furan rings is 1. The molecule has 8 nitrogen and oxygen atoms in total. The minimum absolute atomic E-state index is 0.0874. The van der Waals surface area contributed by atoms with E-state index in [4.69, 9.17) is 20.8 Å². The topological polar surface area (TPSA) is 99.2 Å². The molecule has 1 amide bonds. The number of nitrogens with zero attached hydrogens (tertiary/aromatic N) is 3. The number of hydrogen-bond donors (Lipinski definition) is 1. The predicted molar refractivity (Wildman–Crippen MR) is 105 cm³/mol. The van der Waals surface area contributed by atoms with Crippen LogP contribution in [0.4, 0.5) is 5.69 Å². The van der Waals surface area contributed by atoms with Gasteiger partial charge in [0.2, 0.25) is 5.91 Å². The van der Waals surface area contributed by atoms with Gasteiger partial charge in [0.25, 0.3) is 0 Å². The van der Waals surface area contributed by atoms with Crippen molar-refractivity contribution >= 4 is 40.9 Å². The van der Waals surface area contributed by atoms with E-state index in [1.54, 1.807) is 43.0 Å². The van der Waals surface area contributed by atoms with Crippen molar-refractivity contribution in [1.82, 2.24) is 14.8 Å². The fourth-order valence-electron chi connectivity index (χ4n) is 2.34. The molecule has 0 unspecified atom stereocenters. The lowest BCUT2D eigenvalue weighted by Crippen LogP contribution is -2.15. The van der Waals surface area contributed by atoms with Gasteiger partial charge in [-0.1, -0.05) is 23.4 Å². The second-order valence-corrected chi connectivity index (χ2v) is 6.94. The zero-order valence-corrected chi connectivity index (χ0v) is 16.7. The standard InChI is InChI=1S/C18H17ClN4O4S/c1-3-26-17(25)11-6-7-12(19)13(9-11)20-15(24)10-28-18-22-21-16(23(18)2)14-5-4-8-27-14/h4-9H,3,10H2,1-2H3,(H,20,24). The smallest absolute Gasteiger partial charge is 0.338 e. The summed E-state index contributed by atoms with van der Waals surface area (Å²) in [6.07, 6.45) is 1.55. The van der Waals surface area contributed by atoms with Gasteiger partial charge in [-0.15, -0.1) is 10.2 Å². The van der Waals surface area contributed by atoms with E-state index < -0.39 is 5.97 Å². The molecule has 28 heavy (non-hydrogen) atoms. The molecule has 3 rings (SSSR count). The van der Waals surface area contributed by atoms with Crippen LogP contribution in [-0.4, -0.2) is 39.0 Å². The Kier molecular flexibility index (Phi) is 6.37. The lowest BCUT2D eigenvalue weighted by atomic mass is 10.2. The maximum Gasteiger partial charge on any atom is 0.338 e. The second-order valence-electron chi connectivity index (χ2n) is 5.59. The first-order valence-electron chi connectivity index (χ1n) is 8.32. The number of aromatic nitrogens is 3. The first kappa shape index (κ1) is 20.0. The maximum atomic E-state index is 12.3. The number of esters is 1. The van der Waals surface area contributed by atoms with Crippen LogP contribution in [0, 0.1) is 0 Å². The Balaban J connectivity index is 1.64. The summed E-state index contributed by atoms with van der Waals surface area (Å²) < 4.78 is 12.0. The number of anilines is 1. The predicted octanol–water partition coefficient (Wildman–Crippen LogP) is 3.64. The van der Waals surface area contributed by atoms with E-state index in [-0.39, 0.29) is 18.3 Å². The SMILES string of the molecule is CCOC(=O)c1ccc(Cl)c(NC(=O)CSc2nnc(-c3ccco3)n2C)c1. The van der Waals surface area contributed by atoms with Gasteiger partial charge in [0.1, 0.15) is 0 Å². The van der Waals surface area contributed by atoms with Crippen molar-refractivity contribution < 1.29 is 18.7 Å². The molecule has 0 aliphatic rings. The van der Waals surface area contributed by atoms with Gasteiger partial charge in [0.15, 0.2) is 16.7 Å². The van der Waals surface area contributed by atoms with Crippen LogP contribution in [-0.2, 0) is 16.6 Å². The van der Waals surface area contributed by atoms with Gasteiger partial charge in [-0.25, -0.2) is 4.79 Å². The molecule has 0 saturated heterocycles. The monoisotopic (exact) mass is 420 g/mol. The highest BCUT2D eigenvalue weighted by Gasteiger charge is 2.16. The molecule has 0 bridgehead atoms. The van der Waals surface area contributed by atoms with E-state index in [1.165, 1.54) is 23.9 Å². The highest BCUT2D eigenvalue weighted by atomic mass is 35.5. The minimum Gasteiger partial charge on any atom is -0.462 e. The average molecular weight is 421 g/mol. The van der Waals surface area contributed by atoms with Crippen molar-refractivity contribution in [3.8, 4) is 11.6 Å². The third kappa shape index (κ3) is 4.55. The first-order chi connectivity index (χ1) is 13.5. The third-order valence-electron chi connectivity index (χ3n) is 3.66. The summed E-state index contributed by atoms with van der Waals surface area (Å²) in [5.74, 6) is 0.473. The number of halogens is 1. The molecule has 0 spiro atoms. The van der Waals surface area contributed by atoms with Gasteiger partial charge in [-0.2, -0.15) is 0 Å². The number of carbonyl (C=O) groups is 2. The fourth-order valence-corrected chi connectivity index (χ4v) is 3.22. The Labute approximate surface area is 170 Å². The van der Waals surface area contributed by atoms with E-state index in [2.05, 4.69) is 15.5 Å². The van der Waals surface area contributed by atoms with Crippen LogP contribution in [0.15, 0.2) is 46.2 Å². The Bertz CT molecular complexity index is 988. The zero-order valence-electron chi connectivity index (χ0n) is 15.1. The van der Waals surface area contributed by atoms with Gasteiger partial charge >= 0.3 is 5.97 Å². The number of nitrogens with one attached hydrogen (secondary N) is 1. The van der Waals surface area contributed by atoms with E-state index >= 15 is 0 Å². The molecule has 1 N–H and O–H groups in total. The third-order valence-corrected chi connectivity index (χ3v) is 5.01. The van der Waals surface area contributed by atoms with Crippen LogP contribution in [0.1, 0.15) is 17.3 Å². The molecule has 0 atom stereocenters. The normalized spacial score (nSPS) is 10.7. The molecule has 0 aliphatic heterocycles. The molecule has 10 heteroatoms. The Morgan fingerprint density at radius 1 is 1.32 bits per heavy atom. The number of rotatable bonds is 7. The van der Waals surface area contributed by atoms with Gasteiger partial charge in [0.05, 0.1) is 34.9 Å². The quantitative estimate of drug-likeness (QED) is 0.460. The second kappa shape index (κ2) is 8.94. The van der Waals surface area contributed by atoms with Gasteiger partial charge in [0, 0.05) is 7.05 Å². The number of thioether (sulfide) groups is 1. The Hall–Kier alpha value is -2.78. The molecule has 0 fully saturated rings. The number of ether oxygens (including phenoxy) is 1. The first-order valence-corrected chi connectivity index (χ1v) is 9.68. The highest BCUT2D eigenvalue weighted by Crippen LogP contribution is 2.25. The van der Waals surface area contributed by atoms with Crippen molar-refractivity contribution in [1.29, 1.82) is 0 Å². The summed E-state index contributed by atoms with van der Waals surface area (Å²) in [5, 5.41) is 11.7. The van der Waals surface area contributed by atoms with Crippen LogP contribution >= 0.6 is 23.4 Å². The van der Waals surface area contributed by atoms with Gasteiger partial charge in [-0.3, -0.25) is 4.79 Å². The van der Waals surface area contributed by atoms with Crippen LogP contribution in [0.3, 0.4) is 0 Å². The fraction of sp³-hybridized carbons (Fsp3) is 0.222. The van der Waals surface area contributed by atoms with E-state index in [1.807, 2.05) is 0 Å². The number of amides is 1. The molecule has 3 aromatic rings. The molecule has 0 saturated carbocycles. The summed E-state index contributed by atoms with van der Waals surface area (Å²) in [5.41, 5.74) is 0.651. The summed E-state index contributed by atoms with van der Waals surface area (Å²) in [7, 11) is 1.79. The van der Waals surface area contributed by atoms with E-state index in [9.17, 15) is 9.59 Å². The highest BCUT2D eigenvalue weighted by molar-refractivity contribution is 7.99. The average Bonchev–Trinajstić information content (AvgIpc) is 3.31. The molecule has 1 aromatic carbocycles. The van der Waals surface area contributed by atoms with Gasteiger partial charge < -0.3 is 19.0 Å². The molecular weight excluding hydrogens is 404 g/mol. The van der Waals surface area contributed by atoms with Crippen LogP contribution < -0.4 is 5.32 Å². The van der Waals surface area contributed by atoms with Crippen molar-refractivity contribution in [2.45, 2.75) is 12.1 Å². The van der Waals surface area contributed by atoms with Crippen LogP contribution in [0.5, 0.6) is 0 Å². The summed E-state index contributed by atoms with van der Waals surface area (Å²) in [6.45, 7) is 1.98. The van der Waals surface area contributed by atoms with Crippen molar-refractivity contribution in [2.24, 2.45) is 7.05 Å². The van der Waals surface area contributed by atoms with Gasteiger partial charge in [-0.05, 0) is 37.3 Å². The number of benzene rings is 1. The summed E-state index contributed by atoms with van der Waals surface area (Å²) in [6, 6.07) is 8.11. The molecule has 2 heterocycles. The van der Waals surface area contributed by atoms with Crippen LogP contribution in [0.2, 0.25) is 5.02 Å². The Morgan fingerprint density at radius 3 is 2.86 bits per heavy atom. The van der Waals surface area contributed by atoms with E-state index in [0.29, 0.717) is 33.0 Å². The van der Waals surface area contributed by atoms with Crippen molar-refractivity contribution in [3.05, 3.63) is 47.2 Å². The molecular formula is C18H17ClN4O4S. The molecule has 0 aliphatic carbocycles. The summed E-state index contributed by atoms with van der Waals surface area (Å²) >= 11 is 7.33.